The molecule has 1 N–H and O–H groups in total. The van der Waals surface area contributed by atoms with Gasteiger partial charge in [-0.2, -0.15) is 0 Å². The molecule has 0 fully saturated rings. The number of pyridine rings is 1. The molecule has 0 amide bonds. The van der Waals surface area contributed by atoms with Crippen molar-refractivity contribution in [2.24, 2.45) is 0 Å². The molecule has 0 unspecified atom stereocenters. The highest BCUT2D eigenvalue weighted by Gasteiger charge is 2.14. The van der Waals surface area contributed by atoms with E-state index in [9.17, 15) is 8.78 Å². The van der Waals surface area contributed by atoms with Gasteiger partial charge in [0.2, 0.25) is 0 Å². The Morgan fingerprint density at radius 3 is 2.70 bits per heavy atom. The van der Waals surface area contributed by atoms with Gasteiger partial charge in [0.1, 0.15) is 28.1 Å². The lowest BCUT2D eigenvalue weighted by Gasteiger charge is -2.07. The maximum atomic E-state index is 13.8. The number of anilines is 1. The molecule has 0 saturated carbocycles. The second kappa shape index (κ2) is 7.36. The van der Waals surface area contributed by atoms with Crippen LogP contribution in [0.1, 0.15) is 17.6 Å². The summed E-state index contributed by atoms with van der Waals surface area (Å²) < 4.78 is 29.1. The van der Waals surface area contributed by atoms with Gasteiger partial charge in [0, 0.05) is 23.2 Å². The first-order chi connectivity index (χ1) is 13.0. The first-order valence-corrected chi connectivity index (χ1v) is 10.0. The molecule has 4 rings (SSSR count). The van der Waals surface area contributed by atoms with E-state index in [1.165, 1.54) is 29.5 Å². The molecular formula is C19H15BrF2N4S. The van der Waals surface area contributed by atoms with Crippen molar-refractivity contribution in [2.75, 3.05) is 5.32 Å². The molecule has 8 heteroatoms. The van der Waals surface area contributed by atoms with E-state index in [0.29, 0.717) is 16.7 Å². The van der Waals surface area contributed by atoms with Gasteiger partial charge in [-0.25, -0.2) is 18.7 Å². The second-order valence-electron chi connectivity index (χ2n) is 5.95. The fourth-order valence-electron chi connectivity index (χ4n) is 2.83. The van der Waals surface area contributed by atoms with Gasteiger partial charge in [-0.15, -0.1) is 11.3 Å². The van der Waals surface area contributed by atoms with E-state index >= 15 is 0 Å². The van der Waals surface area contributed by atoms with Crippen molar-refractivity contribution in [2.45, 2.75) is 19.9 Å². The Morgan fingerprint density at radius 2 is 1.96 bits per heavy atom. The molecule has 138 valence electrons. The highest BCUT2D eigenvalue weighted by Crippen LogP contribution is 2.26. The van der Waals surface area contributed by atoms with E-state index in [4.69, 9.17) is 0 Å². The molecule has 0 spiro atoms. The average molecular weight is 449 g/mol. The number of fused-ring (bicyclic) bond motifs is 1. The van der Waals surface area contributed by atoms with Crippen LogP contribution < -0.4 is 5.32 Å². The predicted octanol–water partition coefficient (Wildman–Crippen LogP) is 5.67. The maximum Gasteiger partial charge on any atom is 0.142 e. The van der Waals surface area contributed by atoms with E-state index in [1.54, 1.807) is 18.3 Å². The Kier molecular flexibility index (Phi) is 4.92. The molecule has 0 bridgehead atoms. The van der Waals surface area contributed by atoms with Gasteiger partial charge in [0.05, 0.1) is 22.4 Å². The van der Waals surface area contributed by atoms with Crippen LogP contribution in [0.2, 0.25) is 0 Å². The third-order valence-electron chi connectivity index (χ3n) is 4.17. The molecule has 0 aliphatic carbocycles. The summed E-state index contributed by atoms with van der Waals surface area (Å²) in [5, 5.41) is 6.21. The first kappa shape index (κ1) is 18.1. The lowest BCUT2D eigenvalue weighted by molar-refractivity contribution is 0.619. The van der Waals surface area contributed by atoms with Crippen molar-refractivity contribution in [1.82, 2.24) is 14.4 Å². The van der Waals surface area contributed by atoms with Crippen molar-refractivity contribution in [3.63, 3.8) is 0 Å². The van der Waals surface area contributed by atoms with Gasteiger partial charge < -0.3 is 5.32 Å². The molecule has 1 aromatic carbocycles. The Balaban J connectivity index is 1.58. The average Bonchev–Trinajstić information content (AvgIpc) is 3.26. The highest BCUT2D eigenvalue weighted by molar-refractivity contribution is 9.10. The van der Waals surface area contributed by atoms with Gasteiger partial charge in [-0.3, -0.25) is 4.40 Å². The van der Waals surface area contributed by atoms with Crippen LogP contribution in [-0.4, -0.2) is 14.4 Å². The van der Waals surface area contributed by atoms with Crippen LogP contribution in [0, 0.1) is 11.6 Å². The standard InChI is InChI=1S/C19H15BrF2N4S/c1-2-15-19(26-9-13(20)14(22)7-17(26)24-15)23-8-18-25-16(10-27-18)11-3-5-12(21)6-4-11/h3-7,9-10,23H,2,8H2,1H3. The number of nitrogens with zero attached hydrogens (tertiary/aromatic N) is 3. The summed E-state index contributed by atoms with van der Waals surface area (Å²) in [5.74, 6) is 0.218. The minimum Gasteiger partial charge on any atom is -0.363 e. The number of aromatic nitrogens is 3. The van der Waals surface area contributed by atoms with E-state index in [-0.39, 0.29) is 11.6 Å². The van der Waals surface area contributed by atoms with Crippen molar-refractivity contribution in [3.05, 3.63) is 68.7 Å². The minimum atomic E-state index is -0.342. The van der Waals surface area contributed by atoms with Gasteiger partial charge in [0.25, 0.3) is 0 Å². The summed E-state index contributed by atoms with van der Waals surface area (Å²) in [4.78, 5) is 9.11. The molecule has 0 aliphatic heterocycles. The number of rotatable bonds is 5. The zero-order chi connectivity index (χ0) is 19.0. The van der Waals surface area contributed by atoms with E-state index in [2.05, 4.69) is 31.2 Å². The van der Waals surface area contributed by atoms with Crippen LogP contribution in [0.4, 0.5) is 14.6 Å². The third kappa shape index (κ3) is 3.59. The largest absolute Gasteiger partial charge is 0.363 e. The first-order valence-electron chi connectivity index (χ1n) is 8.35. The summed E-state index contributed by atoms with van der Waals surface area (Å²) in [7, 11) is 0. The van der Waals surface area contributed by atoms with Gasteiger partial charge in [-0.05, 0) is 46.6 Å². The summed E-state index contributed by atoms with van der Waals surface area (Å²) in [6, 6.07) is 7.69. The minimum absolute atomic E-state index is 0.266. The van der Waals surface area contributed by atoms with Crippen molar-refractivity contribution in [3.8, 4) is 11.3 Å². The summed E-state index contributed by atoms with van der Waals surface area (Å²) in [5.41, 5.74) is 3.11. The topological polar surface area (TPSA) is 42.2 Å². The molecule has 3 aromatic heterocycles. The van der Waals surface area contributed by atoms with Crippen molar-refractivity contribution in [1.29, 1.82) is 0 Å². The molecule has 4 nitrogen and oxygen atoms in total. The molecule has 0 aliphatic rings. The predicted molar refractivity (Wildman–Crippen MR) is 107 cm³/mol. The smallest absolute Gasteiger partial charge is 0.142 e. The number of aryl methyl sites for hydroxylation is 1. The Hall–Kier alpha value is -2.32. The molecule has 0 radical (unpaired) electrons. The monoisotopic (exact) mass is 448 g/mol. The number of hydrogen-bond acceptors (Lipinski definition) is 4. The van der Waals surface area contributed by atoms with E-state index < -0.39 is 0 Å². The van der Waals surface area contributed by atoms with Crippen molar-refractivity contribution < 1.29 is 8.78 Å². The van der Waals surface area contributed by atoms with Gasteiger partial charge in [-0.1, -0.05) is 6.92 Å². The van der Waals surface area contributed by atoms with Gasteiger partial charge in [0.15, 0.2) is 0 Å². The summed E-state index contributed by atoms with van der Waals surface area (Å²) in [6.07, 6.45) is 2.40. The molecule has 0 atom stereocenters. The normalized spacial score (nSPS) is 11.3. The summed E-state index contributed by atoms with van der Waals surface area (Å²) >= 11 is 4.75. The molecule has 27 heavy (non-hydrogen) atoms. The highest BCUT2D eigenvalue weighted by atomic mass is 79.9. The molecule has 3 heterocycles. The lowest BCUT2D eigenvalue weighted by Crippen LogP contribution is -2.04. The second-order valence-corrected chi connectivity index (χ2v) is 7.74. The SMILES string of the molecule is CCc1nc2cc(F)c(Br)cn2c1NCc1nc(-c2ccc(F)cc2)cs1. The van der Waals surface area contributed by atoms with Gasteiger partial charge >= 0.3 is 0 Å². The Morgan fingerprint density at radius 1 is 1.19 bits per heavy atom. The number of thiazole rings is 1. The van der Waals surface area contributed by atoms with Crippen LogP contribution in [0.3, 0.4) is 0 Å². The number of hydrogen-bond donors (Lipinski definition) is 1. The Bertz CT molecular complexity index is 1110. The van der Waals surface area contributed by atoms with Crippen molar-refractivity contribution >= 4 is 38.7 Å². The van der Waals surface area contributed by atoms with Crippen LogP contribution in [0.25, 0.3) is 16.9 Å². The van der Waals surface area contributed by atoms with E-state index in [0.717, 1.165) is 34.2 Å². The molecule has 4 aromatic rings. The van der Waals surface area contributed by atoms with Crippen LogP contribution in [-0.2, 0) is 13.0 Å². The number of imidazole rings is 1. The number of benzene rings is 1. The number of nitrogens with one attached hydrogen (secondary N) is 1. The van der Waals surface area contributed by atoms with Crippen LogP contribution in [0.15, 0.2) is 46.4 Å². The third-order valence-corrected chi connectivity index (χ3v) is 5.60. The fourth-order valence-corrected chi connectivity index (χ4v) is 3.89. The zero-order valence-corrected chi connectivity index (χ0v) is 16.7. The quantitative estimate of drug-likeness (QED) is 0.427. The van der Waals surface area contributed by atoms with Crippen LogP contribution in [0.5, 0.6) is 0 Å². The zero-order valence-electron chi connectivity index (χ0n) is 14.3. The molecule has 0 saturated heterocycles. The maximum absolute atomic E-state index is 13.8. The summed E-state index contributed by atoms with van der Waals surface area (Å²) in [6.45, 7) is 2.52. The Labute approximate surface area is 167 Å². The fraction of sp³-hybridized carbons (Fsp3) is 0.158. The lowest BCUT2D eigenvalue weighted by atomic mass is 10.2. The van der Waals surface area contributed by atoms with E-state index in [1.807, 2.05) is 16.7 Å². The van der Waals surface area contributed by atoms with Crippen LogP contribution >= 0.6 is 27.3 Å². The molecular weight excluding hydrogens is 434 g/mol. The number of halogens is 3.